The van der Waals surface area contributed by atoms with Gasteiger partial charge in [0.15, 0.2) is 5.13 Å². The van der Waals surface area contributed by atoms with Crippen molar-refractivity contribution in [3.63, 3.8) is 0 Å². The highest BCUT2D eigenvalue weighted by Gasteiger charge is 2.41. The van der Waals surface area contributed by atoms with Crippen molar-refractivity contribution in [2.24, 2.45) is 0 Å². The zero-order valence-corrected chi connectivity index (χ0v) is 16.8. The Kier molecular flexibility index (Phi) is 5.01. The number of benzene rings is 1. The molecule has 1 aromatic carbocycles. The zero-order chi connectivity index (χ0) is 19.9. The highest BCUT2D eigenvalue weighted by atomic mass is 32.1. The smallest absolute Gasteiger partial charge is 0.315 e. The number of nitrogens with zero attached hydrogens (tertiary/aromatic N) is 3. The number of rotatable bonds is 4. The van der Waals surface area contributed by atoms with Gasteiger partial charge in [-0.2, -0.15) is 0 Å². The Bertz CT molecular complexity index is 937. The third-order valence-corrected chi connectivity index (χ3v) is 5.62. The number of carbonyl (C=O) groups excluding carboxylic acids is 3. The van der Waals surface area contributed by atoms with Gasteiger partial charge in [-0.3, -0.25) is 14.5 Å². The fourth-order valence-corrected chi connectivity index (χ4v) is 4.05. The monoisotopic (exact) mass is 386 g/mol. The first-order valence-electron chi connectivity index (χ1n) is 8.58. The summed E-state index contributed by atoms with van der Waals surface area (Å²) in [6, 6.07) is 4.99. The second kappa shape index (κ2) is 7.11. The maximum atomic E-state index is 12.4. The van der Waals surface area contributed by atoms with Crippen LogP contribution in [0, 0.1) is 20.8 Å². The number of imide groups is 1. The van der Waals surface area contributed by atoms with E-state index < -0.39 is 12.1 Å². The van der Waals surface area contributed by atoms with Crippen LogP contribution >= 0.6 is 11.3 Å². The number of hydrogen-bond donors (Lipinski definition) is 1. The van der Waals surface area contributed by atoms with Crippen molar-refractivity contribution in [1.29, 1.82) is 0 Å². The van der Waals surface area contributed by atoms with Crippen molar-refractivity contribution in [3.05, 3.63) is 34.2 Å². The predicted octanol–water partition coefficient (Wildman–Crippen LogP) is 2.96. The van der Waals surface area contributed by atoms with Crippen LogP contribution in [0.2, 0.25) is 0 Å². The highest BCUT2D eigenvalue weighted by molar-refractivity contribution is 7.16. The van der Waals surface area contributed by atoms with Crippen LogP contribution in [0.25, 0.3) is 11.3 Å². The summed E-state index contributed by atoms with van der Waals surface area (Å²) in [4.78, 5) is 44.2. The van der Waals surface area contributed by atoms with Crippen LogP contribution in [0.5, 0.6) is 0 Å². The zero-order valence-electron chi connectivity index (χ0n) is 16.0. The molecule has 0 bridgehead atoms. The predicted molar refractivity (Wildman–Crippen MR) is 105 cm³/mol. The van der Waals surface area contributed by atoms with Gasteiger partial charge in [0.2, 0.25) is 5.91 Å². The Balaban J connectivity index is 1.74. The summed E-state index contributed by atoms with van der Waals surface area (Å²) in [5.74, 6) is -0.715. The summed E-state index contributed by atoms with van der Waals surface area (Å²) in [5.41, 5.74) is 4.19. The summed E-state index contributed by atoms with van der Waals surface area (Å²) < 4.78 is 0. The Morgan fingerprint density at radius 2 is 1.93 bits per heavy atom. The molecule has 0 radical (unpaired) electrons. The lowest BCUT2D eigenvalue weighted by atomic mass is 10.0. The number of anilines is 1. The number of likely N-dealkylation sites (N-methyl/N-ethyl adjacent to an activating group) is 2. The van der Waals surface area contributed by atoms with Gasteiger partial charge in [0.05, 0.1) is 12.1 Å². The molecule has 1 aromatic heterocycles. The van der Waals surface area contributed by atoms with Crippen LogP contribution in [-0.4, -0.2) is 52.8 Å². The lowest BCUT2D eigenvalue weighted by molar-refractivity contribution is -0.129. The Morgan fingerprint density at radius 1 is 1.22 bits per heavy atom. The van der Waals surface area contributed by atoms with E-state index in [1.165, 1.54) is 35.9 Å². The third-order valence-electron chi connectivity index (χ3n) is 4.73. The lowest BCUT2D eigenvalue weighted by Gasteiger charge is -2.15. The summed E-state index contributed by atoms with van der Waals surface area (Å²) >= 11 is 1.39. The molecule has 0 saturated carbocycles. The second-order valence-electron chi connectivity index (χ2n) is 6.80. The lowest BCUT2D eigenvalue weighted by Crippen LogP contribution is -2.35. The van der Waals surface area contributed by atoms with Gasteiger partial charge in [0, 0.05) is 24.5 Å². The summed E-state index contributed by atoms with van der Waals surface area (Å²) in [6.45, 7) is 6.04. The Labute approximate surface area is 162 Å². The largest absolute Gasteiger partial charge is 0.326 e. The van der Waals surface area contributed by atoms with E-state index in [0.717, 1.165) is 26.6 Å². The second-order valence-corrected chi connectivity index (χ2v) is 8.00. The molecule has 142 valence electrons. The molecule has 0 spiro atoms. The number of amides is 4. The van der Waals surface area contributed by atoms with Gasteiger partial charge in [0.25, 0.3) is 5.91 Å². The Hall–Kier alpha value is -2.74. The van der Waals surface area contributed by atoms with Crippen LogP contribution in [0.4, 0.5) is 9.93 Å². The van der Waals surface area contributed by atoms with E-state index >= 15 is 0 Å². The number of carbonyl (C=O) groups is 3. The average Bonchev–Trinajstić information content (AvgIpc) is 3.04. The van der Waals surface area contributed by atoms with E-state index in [4.69, 9.17) is 0 Å². The van der Waals surface area contributed by atoms with Crippen LogP contribution < -0.4 is 5.32 Å². The highest BCUT2D eigenvalue weighted by Crippen LogP contribution is 2.32. The molecule has 27 heavy (non-hydrogen) atoms. The summed E-state index contributed by atoms with van der Waals surface area (Å²) in [5, 5.41) is 3.25. The van der Waals surface area contributed by atoms with Crippen LogP contribution in [0.15, 0.2) is 18.2 Å². The van der Waals surface area contributed by atoms with E-state index in [9.17, 15) is 14.4 Å². The van der Waals surface area contributed by atoms with Gasteiger partial charge in [0.1, 0.15) is 6.04 Å². The summed E-state index contributed by atoms with van der Waals surface area (Å²) in [6.07, 6.45) is -0.0943. The standard InChI is InChI=1S/C19H22N4O3S/c1-10-6-7-13(11(2)8-10)16-12(3)27-18(21-16)20-15(24)9-14-17(25)23(5)19(26)22(14)4/h6-8,14H,9H2,1-5H3,(H,20,21,24). The fraction of sp³-hybridized carbons (Fsp3) is 0.368. The molecule has 1 atom stereocenters. The molecule has 1 aliphatic rings. The van der Waals surface area contributed by atoms with E-state index in [0.29, 0.717) is 5.13 Å². The van der Waals surface area contributed by atoms with Crippen molar-refractivity contribution in [2.75, 3.05) is 19.4 Å². The van der Waals surface area contributed by atoms with Gasteiger partial charge in [-0.25, -0.2) is 9.78 Å². The van der Waals surface area contributed by atoms with Crippen LogP contribution in [0.1, 0.15) is 22.4 Å². The van der Waals surface area contributed by atoms with Crippen LogP contribution in [-0.2, 0) is 9.59 Å². The van der Waals surface area contributed by atoms with E-state index in [-0.39, 0.29) is 18.2 Å². The molecule has 2 heterocycles. The molecule has 4 amide bonds. The van der Waals surface area contributed by atoms with Crippen molar-refractivity contribution >= 4 is 34.3 Å². The average molecular weight is 386 g/mol. The summed E-state index contributed by atoms with van der Waals surface area (Å²) in [7, 11) is 2.94. The van der Waals surface area contributed by atoms with Crippen molar-refractivity contribution < 1.29 is 14.4 Å². The van der Waals surface area contributed by atoms with E-state index in [1.54, 1.807) is 0 Å². The minimum absolute atomic E-state index is 0.0943. The number of nitrogens with one attached hydrogen (secondary N) is 1. The topological polar surface area (TPSA) is 82.6 Å². The molecule has 2 aromatic rings. The Morgan fingerprint density at radius 3 is 2.52 bits per heavy atom. The third kappa shape index (κ3) is 3.57. The van der Waals surface area contributed by atoms with Gasteiger partial charge in [-0.05, 0) is 26.3 Å². The number of thiazole rings is 1. The van der Waals surface area contributed by atoms with Crippen molar-refractivity contribution in [3.8, 4) is 11.3 Å². The first-order valence-corrected chi connectivity index (χ1v) is 9.40. The molecule has 8 heteroatoms. The normalized spacial score (nSPS) is 17.0. The molecule has 1 N–H and O–H groups in total. The SMILES string of the molecule is Cc1ccc(-c2nc(NC(=O)CC3C(=O)N(C)C(=O)N3C)sc2C)c(C)c1. The van der Waals surface area contributed by atoms with Gasteiger partial charge >= 0.3 is 6.03 Å². The molecular weight excluding hydrogens is 364 g/mol. The van der Waals surface area contributed by atoms with Gasteiger partial charge in [-0.1, -0.05) is 23.8 Å². The quantitative estimate of drug-likeness (QED) is 0.819. The maximum absolute atomic E-state index is 12.4. The van der Waals surface area contributed by atoms with Crippen LogP contribution in [0.3, 0.4) is 0 Å². The molecular formula is C19H22N4O3S. The maximum Gasteiger partial charge on any atom is 0.326 e. The fourth-order valence-electron chi connectivity index (χ4n) is 3.20. The van der Waals surface area contributed by atoms with E-state index in [2.05, 4.69) is 16.4 Å². The van der Waals surface area contributed by atoms with Crippen molar-refractivity contribution in [2.45, 2.75) is 33.2 Å². The number of aromatic nitrogens is 1. The molecule has 0 aliphatic carbocycles. The molecule has 3 rings (SSSR count). The molecule has 1 aliphatic heterocycles. The number of hydrogen-bond acceptors (Lipinski definition) is 5. The number of aryl methyl sites for hydroxylation is 3. The minimum Gasteiger partial charge on any atom is -0.315 e. The molecule has 1 unspecified atom stereocenters. The van der Waals surface area contributed by atoms with Crippen molar-refractivity contribution in [1.82, 2.24) is 14.8 Å². The first-order chi connectivity index (χ1) is 12.7. The molecule has 1 fully saturated rings. The van der Waals surface area contributed by atoms with Gasteiger partial charge in [-0.15, -0.1) is 11.3 Å². The first kappa shape index (κ1) is 19.0. The molecule has 1 saturated heterocycles. The van der Waals surface area contributed by atoms with E-state index in [1.807, 2.05) is 32.9 Å². The minimum atomic E-state index is -0.776. The number of urea groups is 1. The van der Waals surface area contributed by atoms with Gasteiger partial charge < -0.3 is 10.2 Å². The molecule has 7 nitrogen and oxygen atoms in total.